The first-order chi connectivity index (χ1) is 23.7. The van der Waals surface area contributed by atoms with E-state index in [-0.39, 0.29) is 41.4 Å². The zero-order valence-corrected chi connectivity index (χ0v) is 32.6. The molecule has 2 aliphatic carbocycles. The monoisotopic (exact) mass is 718 g/mol. The van der Waals surface area contributed by atoms with E-state index in [9.17, 15) is 24.0 Å². The lowest BCUT2D eigenvalue weighted by molar-refractivity contribution is -0.158. The van der Waals surface area contributed by atoms with Crippen LogP contribution in [0.25, 0.3) is 0 Å². The van der Waals surface area contributed by atoms with Gasteiger partial charge >= 0.3 is 6.03 Å². The highest BCUT2D eigenvalue weighted by Crippen LogP contribution is 2.50. The number of likely N-dealkylation sites (tertiary alicyclic amines) is 1. The van der Waals surface area contributed by atoms with Gasteiger partial charge in [-0.15, -0.1) is 0 Å². The van der Waals surface area contributed by atoms with Crippen molar-refractivity contribution in [1.29, 1.82) is 0 Å². The number of hydrogen-bond donors (Lipinski definition) is 4. The molecule has 4 rings (SSSR count). The molecular formula is C38H66N6O7. The van der Waals surface area contributed by atoms with Gasteiger partial charge in [-0.2, -0.15) is 0 Å². The van der Waals surface area contributed by atoms with Gasteiger partial charge in [0.05, 0.1) is 23.9 Å². The Morgan fingerprint density at radius 2 is 1.47 bits per heavy atom. The number of nitrogens with two attached hydrogens (primary N) is 1. The first kappa shape index (κ1) is 41.0. The number of Topliss-reactive ketones (excluding diaryl/α,β-unsaturated/α-hetero) is 1. The maximum Gasteiger partial charge on any atom is 0.317 e. The van der Waals surface area contributed by atoms with E-state index in [1.165, 1.54) is 4.90 Å². The average Bonchev–Trinajstić information content (AvgIpc) is 3.41. The molecule has 7 atom stereocenters. The molecule has 0 radical (unpaired) electrons. The van der Waals surface area contributed by atoms with Gasteiger partial charge in [0.1, 0.15) is 6.04 Å². The molecule has 0 bridgehead atoms. The fourth-order valence-corrected chi connectivity index (χ4v) is 8.20. The van der Waals surface area contributed by atoms with E-state index >= 15 is 0 Å². The second kappa shape index (κ2) is 16.9. The summed E-state index contributed by atoms with van der Waals surface area (Å²) in [6, 6.07) is -2.71. The van der Waals surface area contributed by atoms with Crippen molar-refractivity contribution in [3.05, 3.63) is 0 Å². The molecule has 13 heteroatoms. The number of amides is 5. The van der Waals surface area contributed by atoms with Crippen molar-refractivity contribution in [3.63, 3.8) is 0 Å². The first-order valence-electron chi connectivity index (χ1n) is 19.3. The van der Waals surface area contributed by atoms with Crippen LogP contribution in [0.5, 0.6) is 0 Å². The van der Waals surface area contributed by atoms with E-state index in [2.05, 4.69) is 34.7 Å². The van der Waals surface area contributed by atoms with E-state index in [1.807, 2.05) is 48.5 Å². The topological polar surface area (TPSA) is 172 Å². The summed E-state index contributed by atoms with van der Waals surface area (Å²) >= 11 is 0. The van der Waals surface area contributed by atoms with Gasteiger partial charge in [-0.1, -0.05) is 53.4 Å². The van der Waals surface area contributed by atoms with E-state index in [0.29, 0.717) is 31.8 Å². The summed E-state index contributed by atoms with van der Waals surface area (Å²) in [5, 5.41) is 8.72. The summed E-state index contributed by atoms with van der Waals surface area (Å²) in [6.07, 6.45) is 5.77. The molecule has 3 unspecified atom stereocenters. The van der Waals surface area contributed by atoms with E-state index in [0.717, 1.165) is 51.6 Å². The molecule has 13 nitrogen and oxygen atoms in total. The smallest absolute Gasteiger partial charge is 0.317 e. The van der Waals surface area contributed by atoms with Gasteiger partial charge in [0.15, 0.2) is 0 Å². The molecule has 0 aromatic rings. The first-order valence-corrected chi connectivity index (χ1v) is 19.3. The normalized spacial score (nSPS) is 26.8. The standard InChI is InChI=1S/C38H66N6O7/c1-22(2)29(21-43-18-23(3)50-24(4)19-43)41-36(49)42-34(51-37(5,6)7)35(48)44-20-27(38(8,9)26-14-11-15-26)17-30(44)33(47)40-28(31(45)32(39)46)16-25-12-10-13-25/h22-30,34H,10-21H2,1-9H3,(H2,39,46)(H,40,47)(H2,41,42,49)/t23-,24+,27?,28?,29-,30+,34?/m1/s1. The minimum absolute atomic E-state index is 0.00726. The Bertz CT molecular complexity index is 1250. The SMILES string of the molecule is CC(C)[C@@H](CN1C[C@@H](C)O[C@@H](C)C1)NC(=O)NC(OC(C)(C)C)C(=O)N1CC(C(C)(C)C2CCC2)C[C@H]1C(=O)NC(CC1CCC1)C(=O)C(N)=O. The third-order valence-corrected chi connectivity index (χ3v) is 11.8. The Balaban J connectivity index is 1.55. The number of carbonyl (C=O) groups is 5. The predicted molar refractivity (Wildman–Crippen MR) is 194 cm³/mol. The minimum atomic E-state index is -1.37. The molecule has 0 aromatic carbocycles. The van der Waals surface area contributed by atoms with Crippen LogP contribution in [0.15, 0.2) is 0 Å². The summed E-state index contributed by atoms with van der Waals surface area (Å²) < 4.78 is 12.1. The highest BCUT2D eigenvalue weighted by molar-refractivity contribution is 6.37. The Kier molecular flexibility index (Phi) is 13.6. The van der Waals surface area contributed by atoms with Gasteiger partial charge in [-0.25, -0.2) is 4.79 Å². The molecule has 51 heavy (non-hydrogen) atoms. The van der Waals surface area contributed by atoms with E-state index < -0.39 is 53.4 Å². The molecule has 4 fully saturated rings. The van der Waals surface area contributed by atoms with Crippen LogP contribution < -0.4 is 21.7 Å². The van der Waals surface area contributed by atoms with Gasteiger partial charge in [-0.05, 0) is 89.4 Å². The van der Waals surface area contributed by atoms with Crippen LogP contribution in [0.4, 0.5) is 4.79 Å². The maximum absolute atomic E-state index is 14.6. The molecule has 2 saturated carbocycles. The molecule has 5 N–H and O–H groups in total. The van der Waals surface area contributed by atoms with Crippen molar-refractivity contribution in [1.82, 2.24) is 25.8 Å². The van der Waals surface area contributed by atoms with E-state index in [1.54, 1.807) is 0 Å². The fraction of sp³-hybridized carbons (Fsp3) is 0.868. The highest BCUT2D eigenvalue weighted by Gasteiger charge is 2.51. The third-order valence-electron chi connectivity index (χ3n) is 11.8. The Hall–Kier alpha value is -2.77. The van der Waals surface area contributed by atoms with Crippen LogP contribution in [-0.2, 0) is 28.7 Å². The van der Waals surface area contributed by atoms with Crippen molar-refractivity contribution >= 4 is 29.5 Å². The third kappa shape index (κ3) is 10.9. The molecular weight excluding hydrogens is 652 g/mol. The quantitative estimate of drug-likeness (QED) is 0.148. The van der Waals surface area contributed by atoms with Crippen LogP contribution in [0.3, 0.4) is 0 Å². The average molecular weight is 719 g/mol. The number of urea groups is 1. The number of carbonyl (C=O) groups excluding carboxylic acids is 5. The molecule has 2 aliphatic heterocycles. The van der Waals surface area contributed by atoms with E-state index in [4.69, 9.17) is 15.2 Å². The summed E-state index contributed by atoms with van der Waals surface area (Å²) in [5.74, 6) is -2.14. The lowest BCUT2D eigenvalue weighted by Gasteiger charge is -2.44. The lowest BCUT2D eigenvalue weighted by Crippen LogP contribution is -2.60. The molecule has 5 amide bonds. The van der Waals surface area contributed by atoms with Crippen molar-refractivity contribution in [2.45, 2.75) is 156 Å². The maximum atomic E-state index is 14.6. The largest absolute Gasteiger partial charge is 0.373 e. The zero-order valence-electron chi connectivity index (χ0n) is 32.6. The number of ether oxygens (including phenoxy) is 2. The number of nitrogens with one attached hydrogen (secondary N) is 3. The number of nitrogens with zero attached hydrogens (tertiary/aromatic N) is 2. The van der Waals surface area contributed by atoms with Crippen molar-refractivity contribution in [3.8, 4) is 0 Å². The summed E-state index contributed by atoms with van der Waals surface area (Å²) in [6.45, 7) is 20.5. The highest BCUT2D eigenvalue weighted by atomic mass is 16.5. The summed E-state index contributed by atoms with van der Waals surface area (Å²) in [5.41, 5.74) is 4.44. The Morgan fingerprint density at radius 1 is 0.863 bits per heavy atom. The van der Waals surface area contributed by atoms with Crippen molar-refractivity contribution in [2.75, 3.05) is 26.2 Å². The van der Waals surface area contributed by atoms with Crippen LogP contribution in [0, 0.1) is 29.1 Å². The van der Waals surface area contributed by atoms with Gasteiger partial charge in [0.2, 0.25) is 17.9 Å². The molecule has 0 spiro atoms. The second-order valence-electron chi connectivity index (χ2n) is 17.8. The van der Waals surface area contributed by atoms with Gasteiger partial charge in [-0.3, -0.25) is 24.1 Å². The molecule has 2 heterocycles. The van der Waals surface area contributed by atoms with Crippen LogP contribution in [0.1, 0.15) is 114 Å². The van der Waals surface area contributed by atoms with Crippen LogP contribution >= 0.6 is 0 Å². The minimum Gasteiger partial charge on any atom is -0.373 e. The predicted octanol–water partition coefficient (Wildman–Crippen LogP) is 3.33. The number of rotatable bonds is 15. The lowest BCUT2D eigenvalue weighted by atomic mass is 9.61. The molecule has 4 aliphatic rings. The number of hydrogen-bond acceptors (Lipinski definition) is 8. The number of ketones is 1. The zero-order chi connectivity index (χ0) is 37.8. The van der Waals surface area contributed by atoms with Gasteiger partial charge < -0.3 is 36.1 Å². The van der Waals surface area contributed by atoms with Crippen molar-refractivity contribution in [2.24, 2.45) is 34.8 Å². The summed E-state index contributed by atoms with van der Waals surface area (Å²) in [4.78, 5) is 71.0. The summed E-state index contributed by atoms with van der Waals surface area (Å²) in [7, 11) is 0. The van der Waals surface area contributed by atoms with Crippen LogP contribution in [0.2, 0.25) is 0 Å². The second-order valence-corrected chi connectivity index (χ2v) is 17.8. The van der Waals surface area contributed by atoms with Crippen molar-refractivity contribution < 1.29 is 33.4 Å². The van der Waals surface area contributed by atoms with Crippen LogP contribution in [-0.4, -0.2) is 108 Å². The molecule has 0 aromatic heterocycles. The molecule has 2 saturated heterocycles. The van der Waals surface area contributed by atoms with Gasteiger partial charge in [0, 0.05) is 32.2 Å². The fourth-order valence-electron chi connectivity index (χ4n) is 8.20. The number of primary amides is 1. The Labute approximate surface area is 305 Å². The van der Waals surface area contributed by atoms with Gasteiger partial charge in [0.25, 0.3) is 11.8 Å². The molecule has 290 valence electrons. The Morgan fingerprint density at radius 3 is 1.96 bits per heavy atom. The number of morpholine rings is 1.